The molecule has 0 saturated carbocycles. The third-order valence-corrected chi connectivity index (χ3v) is 9.27. The van der Waals surface area contributed by atoms with Gasteiger partial charge in [-0.3, -0.25) is 24.0 Å². The summed E-state index contributed by atoms with van der Waals surface area (Å²) in [4.78, 5) is 68.8. The lowest BCUT2D eigenvalue weighted by atomic mass is 9.94. The summed E-state index contributed by atoms with van der Waals surface area (Å²) in [6.07, 6.45) is 1.06. The zero-order chi connectivity index (χ0) is 39.8. The Hall–Kier alpha value is -6.84. The summed E-state index contributed by atoms with van der Waals surface area (Å²) < 4.78 is 0. The lowest BCUT2D eigenvalue weighted by molar-refractivity contribution is -0.119. The molecule has 278 valence electrons. The van der Waals surface area contributed by atoms with Crippen LogP contribution in [0.15, 0.2) is 91.1 Å². The van der Waals surface area contributed by atoms with Crippen molar-refractivity contribution >= 4 is 58.0 Å². The summed E-state index contributed by atoms with van der Waals surface area (Å²) in [5.74, 6) is -3.40. The molecule has 0 aliphatic rings. The van der Waals surface area contributed by atoms with E-state index >= 15 is 0 Å². The van der Waals surface area contributed by atoms with Crippen LogP contribution in [-0.4, -0.2) is 44.5 Å². The van der Waals surface area contributed by atoms with Gasteiger partial charge in [0.25, 0.3) is 11.8 Å². The molecule has 5 N–H and O–H groups in total. The molecule has 0 radical (unpaired) electrons. The number of halogens is 1. The van der Waals surface area contributed by atoms with Crippen LogP contribution in [0.2, 0.25) is 5.15 Å². The number of benzene rings is 4. The van der Waals surface area contributed by atoms with Crippen molar-refractivity contribution in [3.8, 4) is 17.6 Å². The molecule has 0 bridgehead atoms. The highest BCUT2D eigenvalue weighted by Crippen LogP contribution is 2.32. The summed E-state index contributed by atoms with van der Waals surface area (Å²) in [7, 11) is 0. The molecule has 3 amide bonds. The van der Waals surface area contributed by atoms with E-state index in [0.29, 0.717) is 39.2 Å². The number of aromatic hydroxyl groups is 2. The van der Waals surface area contributed by atoms with Gasteiger partial charge in [0.15, 0.2) is 11.6 Å². The fourth-order valence-electron chi connectivity index (χ4n) is 5.67. The summed E-state index contributed by atoms with van der Waals surface area (Å²) in [5.41, 5.74) is 4.01. The van der Waals surface area contributed by atoms with Crippen molar-refractivity contribution in [3.05, 3.63) is 141 Å². The van der Waals surface area contributed by atoms with Gasteiger partial charge in [-0.1, -0.05) is 41.9 Å². The Morgan fingerprint density at radius 2 is 1.31 bits per heavy atom. The van der Waals surface area contributed by atoms with Gasteiger partial charge in [0, 0.05) is 70.3 Å². The maximum absolute atomic E-state index is 13.1. The predicted octanol–water partition coefficient (Wildman–Crippen LogP) is 7.74. The molecule has 0 saturated heterocycles. The molecule has 55 heavy (non-hydrogen) atoms. The quantitative estimate of drug-likeness (QED) is 0.0589. The zero-order valence-corrected chi connectivity index (χ0v) is 30.8. The molecule has 1 heterocycles. The minimum Gasteiger partial charge on any atom is -0.507 e. The van der Waals surface area contributed by atoms with Crippen LogP contribution in [0, 0.1) is 38.0 Å². The maximum atomic E-state index is 13.1. The van der Waals surface area contributed by atoms with Crippen molar-refractivity contribution in [3.63, 3.8) is 0 Å². The number of ketones is 2. The van der Waals surface area contributed by atoms with Gasteiger partial charge in [0.05, 0.1) is 17.6 Å². The molecule has 1 aromatic heterocycles. The number of rotatable bonds is 13. The molecule has 0 fully saturated rings. The number of carbonyl (C=O) groups is 5. The van der Waals surface area contributed by atoms with Crippen LogP contribution in [0.1, 0.15) is 76.5 Å². The average molecular weight is 758 g/mol. The monoisotopic (exact) mass is 757 g/mol. The number of phenolic OH excluding ortho intramolecular Hbond substituents is 2. The summed E-state index contributed by atoms with van der Waals surface area (Å²) in [6, 6.07) is 23.7. The molecule has 5 aromatic rings. The average Bonchev–Trinajstić information content (AvgIpc) is 3.17. The third kappa shape index (κ3) is 9.59. The van der Waals surface area contributed by atoms with E-state index in [9.17, 15) is 39.4 Å². The normalized spacial score (nSPS) is 11.2. The molecule has 1 unspecified atom stereocenters. The molecule has 5 rings (SSSR count). The smallest absolute Gasteiger partial charge is 0.259 e. The molecule has 1 atom stereocenters. The molecular formula is C42H36ClN5O7. The van der Waals surface area contributed by atoms with Crippen LogP contribution in [-0.2, 0) is 11.2 Å². The summed E-state index contributed by atoms with van der Waals surface area (Å²) >= 11 is 5.79. The minimum absolute atomic E-state index is 0.0265. The van der Waals surface area contributed by atoms with Crippen LogP contribution in [0.5, 0.6) is 11.5 Å². The van der Waals surface area contributed by atoms with Crippen LogP contribution in [0.4, 0.5) is 17.1 Å². The Morgan fingerprint density at radius 1 is 0.709 bits per heavy atom. The summed E-state index contributed by atoms with van der Waals surface area (Å²) in [6.45, 7) is 4.95. The van der Waals surface area contributed by atoms with E-state index in [1.807, 2.05) is 6.07 Å². The van der Waals surface area contributed by atoms with Crippen LogP contribution >= 0.6 is 11.6 Å². The Bertz CT molecular complexity index is 2340. The van der Waals surface area contributed by atoms with Crippen molar-refractivity contribution in [1.29, 1.82) is 5.26 Å². The SMILES string of the molecule is Cc1ccc(NC(=O)c2ccc(NC(=O)c3ccc(NC(=O)C(CC#N)CC(=O)c4ccc(CC(=O)c5ccc(Cl)nc5)cc4)cc3)c(C)c2O)c(C)c1O. The van der Waals surface area contributed by atoms with Gasteiger partial charge in [0.1, 0.15) is 16.7 Å². The van der Waals surface area contributed by atoms with E-state index in [2.05, 4.69) is 20.9 Å². The van der Waals surface area contributed by atoms with Crippen LogP contribution in [0.3, 0.4) is 0 Å². The topological polar surface area (TPSA) is 199 Å². The number of nitriles is 1. The third-order valence-electron chi connectivity index (χ3n) is 9.05. The molecule has 0 spiro atoms. The van der Waals surface area contributed by atoms with Crippen molar-refractivity contribution in [2.45, 2.75) is 40.0 Å². The second-order valence-corrected chi connectivity index (χ2v) is 13.3. The van der Waals surface area contributed by atoms with E-state index in [-0.39, 0.29) is 69.9 Å². The first kappa shape index (κ1) is 39.4. The lowest BCUT2D eigenvalue weighted by Crippen LogP contribution is -2.25. The molecule has 0 aliphatic heterocycles. The number of nitrogens with one attached hydrogen (secondary N) is 3. The zero-order valence-electron chi connectivity index (χ0n) is 30.1. The van der Waals surface area contributed by atoms with Gasteiger partial charge in [-0.25, -0.2) is 4.98 Å². The standard InChI is InChI=1S/C42H36ClN5O7/c1-23-4-15-33(24(2)38(23)51)48-42(55)32-14-16-34(25(3)39(32)52)47-40(53)28-9-12-31(13-10-28)46-41(54)29(18-19-44)21-36(50)27-7-5-26(6-8-27)20-35(49)30-11-17-37(43)45-22-30/h4-17,22,29,51-52H,18,20-21H2,1-3H3,(H,46,54)(H,47,53)(H,48,55). The van der Waals surface area contributed by atoms with Gasteiger partial charge in [0.2, 0.25) is 5.91 Å². The largest absolute Gasteiger partial charge is 0.507 e. The van der Waals surface area contributed by atoms with Gasteiger partial charge in [-0.15, -0.1) is 0 Å². The number of phenols is 2. The number of hydrogen-bond donors (Lipinski definition) is 5. The first-order valence-corrected chi connectivity index (χ1v) is 17.4. The molecule has 12 nitrogen and oxygen atoms in total. The Labute approximate surface area is 321 Å². The van der Waals surface area contributed by atoms with Gasteiger partial charge in [-0.2, -0.15) is 5.26 Å². The van der Waals surface area contributed by atoms with Crippen molar-refractivity contribution in [2.75, 3.05) is 16.0 Å². The highest BCUT2D eigenvalue weighted by Gasteiger charge is 2.24. The molecule has 13 heteroatoms. The number of carbonyl (C=O) groups excluding carboxylic acids is 5. The van der Waals surface area contributed by atoms with E-state index in [1.54, 1.807) is 63.2 Å². The van der Waals surface area contributed by atoms with Crippen molar-refractivity contribution in [1.82, 2.24) is 4.98 Å². The number of pyridine rings is 1. The fourth-order valence-corrected chi connectivity index (χ4v) is 5.78. The molecular weight excluding hydrogens is 722 g/mol. The predicted molar refractivity (Wildman–Crippen MR) is 208 cm³/mol. The number of amides is 3. The molecule has 4 aromatic carbocycles. The van der Waals surface area contributed by atoms with Gasteiger partial charge in [-0.05, 0) is 86.5 Å². The van der Waals surface area contributed by atoms with E-state index < -0.39 is 23.6 Å². The Kier molecular flexibility index (Phi) is 12.4. The minimum atomic E-state index is -0.951. The van der Waals surface area contributed by atoms with Crippen LogP contribution in [0.25, 0.3) is 0 Å². The second-order valence-electron chi connectivity index (χ2n) is 12.9. The van der Waals surface area contributed by atoms with E-state index in [0.717, 1.165) is 0 Å². The number of aromatic nitrogens is 1. The van der Waals surface area contributed by atoms with E-state index in [1.165, 1.54) is 48.7 Å². The van der Waals surface area contributed by atoms with Gasteiger partial charge >= 0.3 is 0 Å². The Morgan fingerprint density at radius 3 is 1.95 bits per heavy atom. The highest BCUT2D eigenvalue weighted by atomic mass is 35.5. The van der Waals surface area contributed by atoms with E-state index in [4.69, 9.17) is 11.6 Å². The Balaban J connectivity index is 1.17. The highest BCUT2D eigenvalue weighted by molar-refractivity contribution is 6.29. The first-order chi connectivity index (χ1) is 26.2. The number of aryl methyl sites for hydroxylation is 1. The fraction of sp³-hybridized carbons (Fsp3) is 0.167. The maximum Gasteiger partial charge on any atom is 0.259 e. The van der Waals surface area contributed by atoms with Crippen LogP contribution < -0.4 is 16.0 Å². The van der Waals surface area contributed by atoms with Crippen molar-refractivity contribution < 1.29 is 34.2 Å². The number of anilines is 3. The number of nitrogens with zero attached hydrogens (tertiary/aromatic N) is 2. The van der Waals surface area contributed by atoms with Gasteiger partial charge < -0.3 is 26.2 Å². The molecule has 0 aliphatic carbocycles. The lowest BCUT2D eigenvalue weighted by Gasteiger charge is -2.15. The summed E-state index contributed by atoms with van der Waals surface area (Å²) in [5, 5.41) is 38.8. The second kappa shape index (κ2) is 17.3. The number of hydrogen-bond acceptors (Lipinski definition) is 9. The first-order valence-electron chi connectivity index (χ1n) is 17.0. The van der Waals surface area contributed by atoms with Crippen molar-refractivity contribution in [2.24, 2.45) is 5.92 Å². The number of Topliss-reactive ketones (excluding diaryl/α,β-unsaturated/α-hetero) is 2.